The molecule has 0 aromatic rings. The van der Waals surface area contributed by atoms with Crippen molar-refractivity contribution in [2.45, 2.75) is 64.9 Å². The van der Waals surface area contributed by atoms with Crippen LogP contribution in [0.15, 0.2) is 0 Å². The first kappa shape index (κ1) is 16.8. The second kappa shape index (κ2) is 6.25. The first-order valence-corrected chi connectivity index (χ1v) is 8.46. The molecular weight excluding hydrogens is 264 g/mol. The van der Waals surface area contributed by atoms with Crippen LogP contribution in [0.2, 0.25) is 0 Å². The summed E-state index contributed by atoms with van der Waals surface area (Å²) in [7, 11) is 0. The van der Waals surface area contributed by atoms with E-state index in [2.05, 4.69) is 20.8 Å². The molecule has 1 amide bonds. The Labute approximate surface area is 129 Å². The highest BCUT2D eigenvalue weighted by atomic mass is 16.3. The Morgan fingerprint density at radius 2 is 2.10 bits per heavy atom. The van der Waals surface area contributed by atoms with E-state index in [0.29, 0.717) is 13.1 Å². The van der Waals surface area contributed by atoms with Crippen LogP contribution in [-0.2, 0) is 4.79 Å². The fourth-order valence-electron chi connectivity index (χ4n) is 4.04. The van der Waals surface area contributed by atoms with Crippen LogP contribution in [0.1, 0.15) is 59.3 Å². The molecule has 2 aliphatic rings. The molecule has 4 nitrogen and oxygen atoms in total. The fraction of sp³-hybridized carbons (Fsp3) is 0.941. The SMILES string of the molecule is CC(C)(C)CC(CN)C(=O)N1CCC2(O)CCCCC2C1. The van der Waals surface area contributed by atoms with Gasteiger partial charge in [0.2, 0.25) is 5.91 Å². The number of likely N-dealkylation sites (tertiary alicyclic amines) is 1. The second-order valence-electron chi connectivity index (χ2n) is 8.28. The van der Waals surface area contributed by atoms with Gasteiger partial charge in [-0.25, -0.2) is 0 Å². The van der Waals surface area contributed by atoms with Crippen LogP contribution in [0.4, 0.5) is 0 Å². The zero-order valence-corrected chi connectivity index (χ0v) is 13.9. The van der Waals surface area contributed by atoms with Crippen molar-refractivity contribution in [3.05, 3.63) is 0 Å². The minimum atomic E-state index is -0.517. The molecule has 1 saturated carbocycles. The standard InChI is InChI=1S/C17H32N2O2/c1-16(2,3)10-13(11-18)15(20)19-9-8-17(21)7-5-4-6-14(17)12-19/h13-14,21H,4-12,18H2,1-3H3. The Hall–Kier alpha value is -0.610. The van der Waals surface area contributed by atoms with Crippen LogP contribution in [0.5, 0.6) is 0 Å². The molecule has 4 heteroatoms. The molecule has 21 heavy (non-hydrogen) atoms. The molecule has 1 aliphatic heterocycles. The predicted molar refractivity (Wildman–Crippen MR) is 84.7 cm³/mol. The Morgan fingerprint density at radius 1 is 1.38 bits per heavy atom. The largest absolute Gasteiger partial charge is 0.389 e. The summed E-state index contributed by atoms with van der Waals surface area (Å²) in [6.07, 6.45) is 5.81. The van der Waals surface area contributed by atoms with Crippen LogP contribution in [0, 0.1) is 17.3 Å². The fourth-order valence-corrected chi connectivity index (χ4v) is 4.04. The topological polar surface area (TPSA) is 66.6 Å². The molecular formula is C17H32N2O2. The van der Waals surface area contributed by atoms with E-state index in [9.17, 15) is 9.90 Å². The number of rotatable bonds is 3. The number of hydrogen-bond donors (Lipinski definition) is 2. The lowest BCUT2D eigenvalue weighted by Gasteiger charge is -2.48. The van der Waals surface area contributed by atoms with Crippen LogP contribution in [0.25, 0.3) is 0 Å². The Bertz CT molecular complexity index is 377. The van der Waals surface area contributed by atoms with Crippen LogP contribution < -0.4 is 5.73 Å². The molecule has 0 aromatic heterocycles. The summed E-state index contributed by atoms with van der Waals surface area (Å²) in [6.45, 7) is 8.28. The molecule has 1 aliphatic carbocycles. The molecule has 0 spiro atoms. The summed E-state index contributed by atoms with van der Waals surface area (Å²) < 4.78 is 0. The number of piperidine rings is 1. The summed E-state index contributed by atoms with van der Waals surface area (Å²) in [6, 6.07) is 0. The molecule has 1 saturated heterocycles. The number of amides is 1. The third kappa shape index (κ3) is 3.98. The first-order chi connectivity index (χ1) is 9.75. The molecule has 0 radical (unpaired) electrons. The van der Waals surface area contributed by atoms with Gasteiger partial charge in [0.1, 0.15) is 0 Å². The Kier molecular flexibility index (Phi) is 4.99. The van der Waals surface area contributed by atoms with Gasteiger partial charge in [-0.05, 0) is 31.1 Å². The van der Waals surface area contributed by atoms with Gasteiger partial charge in [0.25, 0.3) is 0 Å². The summed E-state index contributed by atoms with van der Waals surface area (Å²) >= 11 is 0. The van der Waals surface area contributed by atoms with Crippen LogP contribution >= 0.6 is 0 Å². The Balaban J connectivity index is 2.00. The minimum Gasteiger partial charge on any atom is -0.389 e. The van der Waals surface area contributed by atoms with Crippen molar-refractivity contribution in [3.63, 3.8) is 0 Å². The van der Waals surface area contributed by atoms with E-state index in [1.54, 1.807) is 0 Å². The van der Waals surface area contributed by atoms with Crippen molar-refractivity contribution in [3.8, 4) is 0 Å². The summed E-state index contributed by atoms with van der Waals surface area (Å²) in [5.74, 6) is 0.372. The van der Waals surface area contributed by atoms with Gasteiger partial charge in [0.05, 0.1) is 11.5 Å². The number of carbonyl (C=O) groups excluding carboxylic acids is 1. The third-order valence-electron chi connectivity index (χ3n) is 5.23. The van der Waals surface area contributed by atoms with Gasteiger partial charge in [-0.1, -0.05) is 33.6 Å². The average Bonchev–Trinajstić information content (AvgIpc) is 2.42. The van der Waals surface area contributed by atoms with Gasteiger partial charge < -0.3 is 15.7 Å². The minimum absolute atomic E-state index is 0.0835. The molecule has 3 atom stereocenters. The smallest absolute Gasteiger partial charge is 0.226 e. The van der Waals surface area contributed by atoms with E-state index in [1.807, 2.05) is 4.90 Å². The van der Waals surface area contributed by atoms with Crippen LogP contribution in [0.3, 0.4) is 0 Å². The van der Waals surface area contributed by atoms with Crippen molar-refractivity contribution in [2.24, 2.45) is 23.0 Å². The number of fused-ring (bicyclic) bond motifs is 1. The van der Waals surface area contributed by atoms with Gasteiger partial charge in [-0.15, -0.1) is 0 Å². The van der Waals surface area contributed by atoms with Gasteiger partial charge in [-0.2, -0.15) is 0 Å². The van der Waals surface area contributed by atoms with Crippen molar-refractivity contribution < 1.29 is 9.90 Å². The highest BCUT2D eigenvalue weighted by molar-refractivity contribution is 5.79. The maximum absolute atomic E-state index is 12.8. The molecule has 0 bridgehead atoms. The van der Waals surface area contributed by atoms with Crippen molar-refractivity contribution in [1.82, 2.24) is 4.90 Å². The highest BCUT2D eigenvalue weighted by Crippen LogP contribution is 2.40. The maximum atomic E-state index is 12.8. The van der Waals surface area contributed by atoms with Crippen molar-refractivity contribution >= 4 is 5.91 Å². The number of nitrogens with zero attached hydrogens (tertiary/aromatic N) is 1. The molecule has 0 aromatic carbocycles. The number of aliphatic hydroxyl groups is 1. The van der Waals surface area contributed by atoms with Crippen molar-refractivity contribution in [1.29, 1.82) is 0 Å². The average molecular weight is 296 g/mol. The monoisotopic (exact) mass is 296 g/mol. The molecule has 2 fully saturated rings. The van der Waals surface area contributed by atoms with E-state index in [4.69, 9.17) is 5.73 Å². The first-order valence-electron chi connectivity index (χ1n) is 8.46. The normalized spacial score (nSPS) is 31.7. The third-order valence-corrected chi connectivity index (χ3v) is 5.23. The summed E-state index contributed by atoms with van der Waals surface area (Å²) in [4.78, 5) is 14.7. The molecule has 2 rings (SSSR count). The van der Waals surface area contributed by atoms with Crippen LogP contribution in [-0.4, -0.2) is 41.1 Å². The zero-order valence-electron chi connectivity index (χ0n) is 13.9. The molecule has 122 valence electrons. The van der Waals surface area contributed by atoms with E-state index >= 15 is 0 Å². The molecule has 3 N–H and O–H groups in total. The zero-order chi connectivity index (χ0) is 15.7. The number of hydrogen-bond acceptors (Lipinski definition) is 3. The lowest BCUT2D eigenvalue weighted by atomic mass is 9.71. The van der Waals surface area contributed by atoms with Crippen molar-refractivity contribution in [2.75, 3.05) is 19.6 Å². The molecule has 1 heterocycles. The van der Waals surface area contributed by atoms with E-state index in [1.165, 1.54) is 6.42 Å². The Morgan fingerprint density at radius 3 is 2.71 bits per heavy atom. The summed E-state index contributed by atoms with van der Waals surface area (Å²) in [5.41, 5.74) is 5.44. The number of nitrogens with two attached hydrogens (primary N) is 1. The summed E-state index contributed by atoms with van der Waals surface area (Å²) in [5, 5.41) is 10.7. The van der Waals surface area contributed by atoms with Gasteiger partial charge in [0, 0.05) is 25.6 Å². The van der Waals surface area contributed by atoms with E-state index in [0.717, 1.165) is 38.6 Å². The van der Waals surface area contributed by atoms with E-state index in [-0.39, 0.29) is 23.2 Å². The van der Waals surface area contributed by atoms with Gasteiger partial charge in [0.15, 0.2) is 0 Å². The van der Waals surface area contributed by atoms with Gasteiger partial charge in [-0.3, -0.25) is 4.79 Å². The quantitative estimate of drug-likeness (QED) is 0.838. The lowest BCUT2D eigenvalue weighted by Crippen LogP contribution is -2.56. The highest BCUT2D eigenvalue weighted by Gasteiger charge is 2.44. The number of carbonyl (C=O) groups is 1. The van der Waals surface area contributed by atoms with Gasteiger partial charge >= 0.3 is 0 Å². The lowest BCUT2D eigenvalue weighted by molar-refractivity contribution is -0.148. The molecule has 3 unspecified atom stereocenters. The maximum Gasteiger partial charge on any atom is 0.226 e. The van der Waals surface area contributed by atoms with E-state index < -0.39 is 5.60 Å². The second-order valence-corrected chi connectivity index (χ2v) is 8.28. The predicted octanol–water partition coefficient (Wildman–Crippen LogP) is 2.15.